The molecule has 0 radical (unpaired) electrons. The first kappa shape index (κ1) is 20.4. The quantitative estimate of drug-likeness (QED) is 0.536. The maximum absolute atomic E-state index is 13.8. The minimum absolute atomic E-state index is 0.0763. The van der Waals surface area contributed by atoms with Gasteiger partial charge in [0.25, 0.3) is 0 Å². The van der Waals surface area contributed by atoms with Crippen LogP contribution in [-0.4, -0.2) is 12.7 Å². The van der Waals surface area contributed by atoms with Crippen molar-refractivity contribution in [2.75, 3.05) is 12.1 Å². The SMILES string of the molecule is Cc1ccc(-c2ccc(NC(=O)C3(c4ccc5c(c4)OCO5)CC3)cc2C(F)(F)F)cc1. The van der Waals surface area contributed by atoms with E-state index in [-0.39, 0.29) is 24.0 Å². The van der Waals surface area contributed by atoms with Gasteiger partial charge in [-0.3, -0.25) is 4.79 Å². The van der Waals surface area contributed by atoms with E-state index in [1.807, 2.05) is 13.0 Å². The highest BCUT2D eigenvalue weighted by Gasteiger charge is 2.51. The van der Waals surface area contributed by atoms with E-state index in [0.29, 0.717) is 29.9 Å². The molecule has 3 aromatic rings. The number of fused-ring (bicyclic) bond motifs is 1. The number of hydrogen-bond donors (Lipinski definition) is 1. The fraction of sp³-hybridized carbons (Fsp3) is 0.240. The summed E-state index contributed by atoms with van der Waals surface area (Å²) in [7, 11) is 0. The Morgan fingerprint density at radius 2 is 1.66 bits per heavy atom. The predicted octanol–water partition coefficient (Wildman–Crippen LogP) is 6.08. The number of hydrogen-bond acceptors (Lipinski definition) is 3. The van der Waals surface area contributed by atoms with Gasteiger partial charge in [0, 0.05) is 5.69 Å². The second-order valence-electron chi connectivity index (χ2n) is 8.23. The van der Waals surface area contributed by atoms with Crippen molar-refractivity contribution in [3.8, 4) is 22.6 Å². The Balaban J connectivity index is 1.44. The Morgan fingerprint density at radius 1 is 0.938 bits per heavy atom. The molecule has 32 heavy (non-hydrogen) atoms. The summed E-state index contributed by atoms with van der Waals surface area (Å²) in [6, 6.07) is 16.1. The zero-order valence-corrected chi connectivity index (χ0v) is 17.3. The zero-order valence-electron chi connectivity index (χ0n) is 17.3. The molecule has 1 fully saturated rings. The van der Waals surface area contributed by atoms with Crippen LogP contribution in [0.3, 0.4) is 0 Å². The van der Waals surface area contributed by atoms with Crippen molar-refractivity contribution in [2.24, 2.45) is 0 Å². The van der Waals surface area contributed by atoms with Crippen LogP contribution in [0, 0.1) is 6.92 Å². The van der Waals surface area contributed by atoms with Crippen LogP contribution in [0.2, 0.25) is 0 Å². The lowest BCUT2D eigenvalue weighted by molar-refractivity contribution is -0.137. The molecule has 1 N–H and O–H groups in total. The van der Waals surface area contributed by atoms with Gasteiger partial charge < -0.3 is 14.8 Å². The van der Waals surface area contributed by atoms with Gasteiger partial charge in [-0.25, -0.2) is 0 Å². The van der Waals surface area contributed by atoms with E-state index in [4.69, 9.17) is 9.47 Å². The van der Waals surface area contributed by atoms with E-state index in [1.165, 1.54) is 12.1 Å². The average molecular weight is 439 g/mol. The van der Waals surface area contributed by atoms with Crippen LogP contribution < -0.4 is 14.8 Å². The third-order valence-corrected chi connectivity index (χ3v) is 6.06. The minimum Gasteiger partial charge on any atom is -0.454 e. The molecule has 1 amide bonds. The van der Waals surface area contributed by atoms with Gasteiger partial charge in [0.15, 0.2) is 11.5 Å². The number of rotatable bonds is 4. The maximum atomic E-state index is 13.8. The molecule has 0 atom stereocenters. The van der Waals surface area contributed by atoms with Gasteiger partial charge in [-0.05, 0) is 60.7 Å². The number of carbonyl (C=O) groups is 1. The molecule has 0 unspecified atom stereocenters. The van der Waals surface area contributed by atoms with Crippen molar-refractivity contribution in [1.82, 2.24) is 0 Å². The largest absolute Gasteiger partial charge is 0.454 e. The molecule has 1 aliphatic heterocycles. The van der Waals surface area contributed by atoms with E-state index in [1.54, 1.807) is 36.4 Å². The molecule has 0 spiro atoms. The second-order valence-corrected chi connectivity index (χ2v) is 8.23. The number of ether oxygens (including phenoxy) is 2. The summed E-state index contributed by atoms with van der Waals surface area (Å²) in [5.41, 5.74) is 0.843. The fourth-order valence-corrected chi connectivity index (χ4v) is 4.06. The lowest BCUT2D eigenvalue weighted by atomic mass is 9.94. The van der Waals surface area contributed by atoms with E-state index in [9.17, 15) is 18.0 Å². The lowest BCUT2D eigenvalue weighted by Gasteiger charge is -2.19. The topological polar surface area (TPSA) is 47.6 Å². The van der Waals surface area contributed by atoms with Gasteiger partial charge in [0.05, 0.1) is 11.0 Å². The summed E-state index contributed by atoms with van der Waals surface area (Å²) in [6.07, 6.45) is -3.33. The summed E-state index contributed by atoms with van der Waals surface area (Å²) in [4.78, 5) is 13.1. The molecule has 7 heteroatoms. The van der Waals surface area contributed by atoms with Gasteiger partial charge in [-0.1, -0.05) is 42.0 Å². The van der Waals surface area contributed by atoms with Crippen LogP contribution in [0.15, 0.2) is 60.7 Å². The molecule has 1 aliphatic carbocycles. The Morgan fingerprint density at radius 3 is 2.34 bits per heavy atom. The number of benzene rings is 3. The zero-order chi connectivity index (χ0) is 22.5. The first-order valence-corrected chi connectivity index (χ1v) is 10.3. The molecular formula is C25H20F3NO3. The molecule has 2 aliphatic rings. The van der Waals surface area contributed by atoms with Gasteiger partial charge in [-0.15, -0.1) is 0 Å². The van der Waals surface area contributed by atoms with Crippen molar-refractivity contribution in [1.29, 1.82) is 0 Å². The van der Waals surface area contributed by atoms with Crippen LogP contribution in [-0.2, 0) is 16.4 Å². The summed E-state index contributed by atoms with van der Waals surface area (Å²) in [6.45, 7) is 2.01. The van der Waals surface area contributed by atoms with Crippen LogP contribution in [0.5, 0.6) is 11.5 Å². The Hall–Kier alpha value is -3.48. The van der Waals surface area contributed by atoms with E-state index in [0.717, 1.165) is 17.2 Å². The summed E-state index contributed by atoms with van der Waals surface area (Å²) in [5.74, 6) is 0.863. The fourth-order valence-electron chi connectivity index (χ4n) is 4.06. The summed E-state index contributed by atoms with van der Waals surface area (Å²) >= 11 is 0. The first-order chi connectivity index (χ1) is 15.3. The number of nitrogens with one attached hydrogen (secondary N) is 1. The molecule has 0 saturated heterocycles. The molecule has 3 aromatic carbocycles. The molecule has 1 saturated carbocycles. The molecule has 0 bridgehead atoms. The van der Waals surface area contributed by atoms with Crippen LogP contribution in [0.4, 0.5) is 18.9 Å². The molecule has 4 nitrogen and oxygen atoms in total. The first-order valence-electron chi connectivity index (χ1n) is 10.3. The van der Waals surface area contributed by atoms with Gasteiger partial charge in [0.1, 0.15) is 0 Å². The Kier molecular flexibility index (Phi) is 4.65. The van der Waals surface area contributed by atoms with Crippen LogP contribution in [0.25, 0.3) is 11.1 Å². The number of alkyl halides is 3. The second kappa shape index (κ2) is 7.29. The van der Waals surface area contributed by atoms with Gasteiger partial charge >= 0.3 is 6.18 Å². The molecular weight excluding hydrogens is 419 g/mol. The van der Waals surface area contributed by atoms with Gasteiger partial charge in [0.2, 0.25) is 12.7 Å². The number of halogens is 3. The lowest BCUT2D eigenvalue weighted by Crippen LogP contribution is -2.28. The van der Waals surface area contributed by atoms with Gasteiger partial charge in [-0.2, -0.15) is 13.2 Å². The third-order valence-electron chi connectivity index (χ3n) is 6.06. The minimum atomic E-state index is -4.56. The standard InChI is InChI=1S/C25H20F3NO3/c1-15-2-4-16(5-3-15)19-8-7-18(13-20(19)25(26,27)28)29-23(30)24(10-11-24)17-6-9-21-22(12-17)32-14-31-21/h2-9,12-13H,10-11,14H2,1H3,(H,29,30). The number of amides is 1. The predicted molar refractivity (Wildman–Crippen MR) is 114 cm³/mol. The van der Waals surface area contributed by atoms with Crippen molar-refractivity contribution >= 4 is 11.6 Å². The number of aryl methyl sites for hydroxylation is 1. The third kappa shape index (κ3) is 3.57. The van der Waals surface area contributed by atoms with Crippen molar-refractivity contribution in [3.05, 3.63) is 77.4 Å². The normalized spacial score (nSPS) is 16.0. The Labute approximate surface area is 183 Å². The maximum Gasteiger partial charge on any atom is 0.417 e. The summed E-state index contributed by atoms with van der Waals surface area (Å²) < 4.78 is 52.2. The van der Waals surface area contributed by atoms with E-state index < -0.39 is 17.2 Å². The van der Waals surface area contributed by atoms with E-state index >= 15 is 0 Å². The highest BCUT2D eigenvalue weighted by atomic mass is 19.4. The smallest absolute Gasteiger partial charge is 0.417 e. The van der Waals surface area contributed by atoms with Crippen LogP contribution >= 0.6 is 0 Å². The molecule has 0 aromatic heterocycles. The Bertz CT molecular complexity index is 1200. The monoisotopic (exact) mass is 439 g/mol. The molecule has 1 heterocycles. The number of anilines is 1. The van der Waals surface area contributed by atoms with E-state index in [2.05, 4.69) is 5.32 Å². The highest BCUT2D eigenvalue weighted by Crippen LogP contribution is 2.51. The van der Waals surface area contributed by atoms with Crippen molar-refractivity contribution in [3.63, 3.8) is 0 Å². The molecule has 5 rings (SSSR count). The highest BCUT2D eigenvalue weighted by molar-refractivity contribution is 6.01. The van der Waals surface area contributed by atoms with Crippen molar-refractivity contribution < 1.29 is 27.4 Å². The van der Waals surface area contributed by atoms with Crippen molar-refractivity contribution in [2.45, 2.75) is 31.4 Å². The average Bonchev–Trinajstić information content (AvgIpc) is 3.45. The molecule has 164 valence electrons. The van der Waals surface area contributed by atoms with Crippen LogP contribution in [0.1, 0.15) is 29.5 Å². The number of carbonyl (C=O) groups excluding carboxylic acids is 1. The summed E-state index contributed by atoms with van der Waals surface area (Å²) in [5, 5.41) is 2.70.